The van der Waals surface area contributed by atoms with Crippen molar-refractivity contribution in [1.29, 1.82) is 0 Å². The Morgan fingerprint density at radius 3 is 2.25 bits per heavy atom. The van der Waals surface area contributed by atoms with Gasteiger partial charge in [0.15, 0.2) is 0 Å². The summed E-state index contributed by atoms with van der Waals surface area (Å²) in [5.74, 6) is -1.17. The van der Waals surface area contributed by atoms with Gasteiger partial charge in [0.25, 0.3) is 0 Å². The molecule has 16 heavy (non-hydrogen) atoms. The van der Waals surface area contributed by atoms with Crippen LogP contribution in [0.2, 0.25) is 0 Å². The van der Waals surface area contributed by atoms with E-state index in [2.05, 4.69) is 5.32 Å². The quantitative estimate of drug-likeness (QED) is 0.704. The van der Waals surface area contributed by atoms with Crippen LogP contribution in [0.15, 0.2) is 0 Å². The van der Waals surface area contributed by atoms with Crippen molar-refractivity contribution in [3.05, 3.63) is 0 Å². The van der Waals surface area contributed by atoms with Crippen molar-refractivity contribution in [3.8, 4) is 0 Å². The molecule has 0 saturated carbocycles. The van der Waals surface area contributed by atoms with E-state index in [1.807, 2.05) is 13.8 Å². The average molecular weight is 230 g/mol. The molecule has 1 unspecified atom stereocenters. The first-order chi connectivity index (χ1) is 7.26. The van der Waals surface area contributed by atoms with Crippen molar-refractivity contribution in [2.75, 3.05) is 13.6 Å². The second-order valence-corrected chi connectivity index (χ2v) is 4.46. The maximum absolute atomic E-state index is 12.1. The van der Waals surface area contributed by atoms with Crippen LogP contribution in [-0.2, 0) is 9.59 Å². The molecule has 1 atom stereocenters. The molecule has 94 valence electrons. The highest BCUT2D eigenvalue weighted by molar-refractivity contribution is 5.88. The molecule has 0 bridgehead atoms. The molecule has 0 saturated heterocycles. The summed E-state index contributed by atoms with van der Waals surface area (Å²) in [5, 5.41) is 11.7. The van der Waals surface area contributed by atoms with Crippen molar-refractivity contribution in [2.45, 2.75) is 45.7 Å². The summed E-state index contributed by atoms with van der Waals surface area (Å²) in [6, 6.07) is -0.0729. The van der Waals surface area contributed by atoms with E-state index in [-0.39, 0.29) is 18.5 Å². The molecule has 0 aromatic rings. The molecule has 0 aromatic heterocycles. The van der Waals surface area contributed by atoms with Crippen molar-refractivity contribution in [3.63, 3.8) is 0 Å². The zero-order valence-corrected chi connectivity index (χ0v) is 10.7. The number of amides is 1. The number of nitrogens with zero attached hydrogens (tertiary/aromatic N) is 1. The van der Waals surface area contributed by atoms with Gasteiger partial charge < -0.3 is 15.3 Å². The predicted molar refractivity (Wildman–Crippen MR) is 62.2 cm³/mol. The second kappa shape index (κ2) is 5.84. The van der Waals surface area contributed by atoms with E-state index >= 15 is 0 Å². The van der Waals surface area contributed by atoms with Gasteiger partial charge in [-0.05, 0) is 34.2 Å². The molecular formula is C11H22N2O3. The largest absolute Gasteiger partial charge is 0.480 e. The van der Waals surface area contributed by atoms with Crippen molar-refractivity contribution < 1.29 is 14.7 Å². The summed E-state index contributed by atoms with van der Waals surface area (Å²) in [7, 11) is 1.69. The number of hydrogen-bond donors (Lipinski definition) is 2. The van der Waals surface area contributed by atoms with Crippen LogP contribution in [-0.4, -0.2) is 47.1 Å². The first-order valence-electron chi connectivity index (χ1n) is 5.48. The molecule has 0 aliphatic rings. The molecule has 0 heterocycles. The van der Waals surface area contributed by atoms with Gasteiger partial charge in [-0.3, -0.25) is 9.59 Å². The van der Waals surface area contributed by atoms with Gasteiger partial charge in [0.05, 0.1) is 5.54 Å². The van der Waals surface area contributed by atoms with Crippen LogP contribution in [0.5, 0.6) is 0 Å². The molecule has 0 rings (SSSR count). The maximum Gasteiger partial charge on any atom is 0.323 e. The molecule has 5 nitrogen and oxygen atoms in total. The molecule has 0 radical (unpaired) electrons. The SMILES string of the molecule is CCC(C)N(CC(=O)O)C(=O)C(C)(C)NC. The number of carbonyl (C=O) groups is 2. The molecule has 5 heteroatoms. The van der Waals surface area contributed by atoms with Gasteiger partial charge in [0, 0.05) is 6.04 Å². The van der Waals surface area contributed by atoms with Gasteiger partial charge in [-0.1, -0.05) is 6.92 Å². The van der Waals surface area contributed by atoms with Crippen molar-refractivity contribution in [1.82, 2.24) is 10.2 Å². The second-order valence-electron chi connectivity index (χ2n) is 4.46. The summed E-state index contributed by atoms with van der Waals surface area (Å²) in [4.78, 5) is 24.3. The minimum atomic E-state index is -0.986. The summed E-state index contributed by atoms with van der Waals surface area (Å²) in [5.41, 5.74) is -0.737. The van der Waals surface area contributed by atoms with Crippen LogP contribution >= 0.6 is 0 Å². The Kier molecular flexibility index (Phi) is 5.44. The Bertz CT molecular complexity index is 264. The molecule has 0 aliphatic heterocycles. The molecule has 0 fully saturated rings. The van der Waals surface area contributed by atoms with E-state index in [0.717, 1.165) is 6.42 Å². The Hall–Kier alpha value is -1.10. The Morgan fingerprint density at radius 2 is 1.94 bits per heavy atom. The highest BCUT2D eigenvalue weighted by atomic mass is 16.4. The Balaban J connectivity index is 4.89. The zero-order chi connectivity index (χ0) is 12.9. The smallest absolute Gasteiger partial charge is 0.323 e. The first-order valence-corrected chi connectivity index (χ1v) is 5.48. The van der Waals surface area contributed by atoms with Crippen LogP contribution in [0.4, 0.5) is 0 Å². The van der Waals surface area contributed by atoms with E-state index in [1.165, 1.54) is 4.90 Å². The molecule has 0 spiro atoms. The lowest BCUT2D eigenvalue weighted by molar-refractivity contribution is -0.148. The van der Waals surface area contributed by atoms with Crippen molar-refractivity contribution in [2.24, 2.45) is 0 Å². The third-order valence-corrected chi connectivity index (χ3v) is 2.85. The summed E-state index contributed by atoms with van der Waals surface area (Å²) >= 11 is 0. The lowest BCUT2D eigenvalue weighted by atomic mass is 10.0. The molecular weight excluding hydrogens is 208 g/mol. The number of nitrogens with one attached hydrogen (secondary N) is 1. The molecule has 0 aliphatic carbocycles. The van der Waals surface area contributed by atoms with Gasteiger partial charge >= 0.3 is 5.97 Å². The van der Waals surface area contributed by atoms with E-state index in [0.29, 0.717) is 0 Å². The van der Waals surface area contributed by atoms with Gasteiger partial charge in [-0.25, -0.2) is 0 Å². The fourth-order valence-corrected chi connectivity index (χ4v) is 1.26. The van der Waals surface area contributed by atoms with E-state index in [4.69, 9.17) is 5.11 Å². The first kappa shape index (κ1) is 14.9. The highest BCUT2D eigenvalue weighted by Crippen LogP contribution is 2.12. The molecule has 1 amide bonds. The van der Waals surface area contributed by atoms with Gasteiger partial charge in [-0.2, -0.15) is 0 Å². The Labute approximate surface area is 96.8 Å². The lowest BCUT2D eigenvalue weighted by Gasteiger charge is -2.34. The Morgan fingerprint density at radius 1 is 1.44 bits per heavy atom. The van der Waals surface area contributed by atoms with Gasteiger partial charge in [0.1, 0.15) is 6.54 Å². The van der Waals surface area contributed by atoms with Crippen LogP contribution in [0.25, 0.3) is 0 Å². The average Bonchev–Trinajstić information content (AvgIpc) is 2.23. The number of carboxylic acids is 1. The van der Waals surface area contributed by atoms with Crippen LogP contribution in [0.1, 0.15) is 34.1 Å². The third kappa shape index (κ3) is 3.81. The summed E-state index contributed by atoms with van der Waals surface area (Å²) < 4.78 is 0. The number of carbonyl (C=O) groups excluding carboxylic acids is 1. The molecule has 2 N–H and O–H groups in total. The standard InChI is InChI=1S/C11H22N2O3/c1-6-8(2)13(7-9(14)15)10(16)11(3,4)12-5/h8,12H,6-7H2,1-5H3,(H,14,15). The maximum atomic E-state index is 12.1. The third-order valence-electron chi connectivity index (χ3n) is 2.85. The van der Waals surface area contributed by atoms with Gasteiger partial charge in [-0.15, -0.1) is 0 Å². The number of aliphatic carboxylic acids is 1. The fourth-order valence-electron chi connectivity index (χ4n) is 1.26. The number of rotatable bonds is 6. The minimum absolute atomic E-state index is 0.0729. The fraction of sp³-hybridized carbons (Fsp3) is 0.818. The monoisotopic (exact) mass is 230 g/mol. The zero-order valence-electron chi connectivity index (χ0n) is 10.7. The minimum Gasteiger partial charge on any atom is -0.480 e. The van der Waals surface area contributed by atoms with E-state index in [9.17, 15) is 9.59 Å². The van der Waals surface area contributed by atoms with Crippen LogP contribution in [0.3, 0.4) is 0 Å². The van der Waals surface area contributed by atoms with Crippen molar-refractivity contribution >= 4 is 11.9 Å². The summed E-state index contributed by atoms with van der Waals surface area (Å²) in [6.45, 7) is 7.02. The van der Waals surface area contributed by atoms with Crippen LogP contribution < -0.4 is 5.32 Å². The number of hydrogen-bond acceptors (Lipinski definition) is 3. The summed E-state index contributed by atoms with van der Waals surface area (Å²) in [6.07, 6.45) is 0.735. The number of carboxylic acid groups (broad SMARTS) is 1. The topological polar surface area (TPSA) is 69.6 Å². The molecule has 0 aromatic carbocycles. The van der Waals surface area contributed by atoms with Crippen LogP contribution in [0, 0.1) is 0 Å². The lowest BCUT2D eigenvalue weighted by Crippen LogP contribution is -2.56. The normalized spacial score (nSPS) is 13.3. The van der Waals surface area contributed by atoms with E-state index < -0.39 is 11.5 Å². The predicted octanol–water partition coefficient (Wildman–Crippen LogP) is 0.696. The van der Waals surface area contributed by atoms with E-state index in [1.54, 1.807) is 20.9 Å². The number of likely N-dealkylation sites (N-methyl/N-ethyl adjacent to an activating group) is 1. The highest BCUT2D eigenvalue weighted by Gasteiger charge is 2.33. The van der Waals surface area contributed by atoms with Gasteiger partial charge in [0.2, 0.25) is 5.91 Å².